The molecule has 0 radical (unpaired) electrons. The van der Waals surface area contributed by atoms with Gasteiger partial charge in [0.25, 0.3) is 0 Å². The first kappa shape index (κ1) is 12.3. The van der Waals surface area contributed by atoms with E-state index in [4.69, 9.17) is 15.8 Å². The lowest BCUT2D eigenvalue weighted by atomic mass is 9.97. The summed E-state index contributed by atoms with van der Waals surface area (Å²) < 4.78 is 15.3. The van der Waals surface area contributed by atoms with Crippen LogP contribution in [0.4, 0.5) is 0 Å². The average Bonchev–Trinajstić information content (AvgIpc) is 2.00. The van der Waals surface area contributed by atoms with Gasteiger partial charge in [0.05, 0.1) is 0 Å². The Labute approximate surface area is 79.8 Å². The Hall–Kier alpha value is -0.680. The molecule has 0 aromatic rings. The van der Waals surface area contributed by atoms with Crippen molar-refractivity contribution < 1.29 is 14.0 Å². The monoisotopic (exact) mass is 201 g/mol. The van der Waals surface area contributed by atoms with Crippen LogP contribution in [0.25, 0.3) is 0 Å². The van der Waals surface area contributed by atoms with Gasteiger partial charge in [0.2, 0.25) is 0 Å². The molecule has 0 aromatic carbocycles. The lowest BCUT2D eigenvalue weighted by Gasteiger charge is -2.18. The molecular formula is C9H14O3P+. The maximum absolute atomic E-state index is 10.5. The molecule has 0 rings (SSSR count). The van der Waals surface area contributed by atoms with Crippen LogP contribution in [0.1, 0.15) is 26.2 Å². The summed E-state index contributed by atoms with van der Waals surface area (Å²) in [4.78, 5) is 8.61. The van der Waals surface area contributed by atoms with E-state index >= 15 is 0 Å². The molecule has 0 spiro atoms. The zero-order chi connectivity index (χ0) is 10.3. The van der Waals surface area contributed by atoms with Crippen LogP contribution in [0.15, 0.2) is 12.7 Å². The minimum atomic E-state index is -2.60. The number of hydrogen-bond acceptors (Lipinski definition) is 2. The number of rotatable bonds is 6. The molecule has 3 nitrogen and oxygen atoms in total. The van der Waals surface area contributed by atoms with Crippen molar-refractivity contribution in [3.05, 3.63) is 12.7 Å². The van der Waals surface area contributed by atoms with E-state index in [1.807, 2.05) is 0 Å². The maximum atomic E-state index is 10.5. The third kappa shape index (κ3) is 5.54. The predicted molar refractivity (Wildman–Crippen MR) is 52.2 cm³/mol. The normalized spacial score (nSPS) is 15.6. The third-order valence-corrected chi connectivity index (χ3v) is 2.25. The smallest absolute Gasteiger partial charge is 0.133 e. The lowest BCUT2D eigenvalue weighted by molar-refractivity contribution is 0.0809. The highest BCUT2D eigenvalue weighted by Gasteiger charge is 2.34. The minimum absolute atomic E-state index is 0.322. The van der Waals surface area contributed by atoms with E-state index in [-0.39, 0.29) is 0 Å². The van der Waals surface area contributed by atoms with E-state index in [0.29, 0.717) is 19.3 Å². The standard InChI is InChI=1S/C9H13O3P/c1-4-6-8-9(3,7-5-2)12-13(10)11/h2,4H,1,6-8H2,3H3/p+1. The summed E-state index contributed by atoms with van der Waals surface area (Å²) in [6.07, 6.45) is 8.49. The van der Waals surface area contributed by atoms with Gasteiger partial charge in [-0.3, -0.25) is 0 Å². The third-order valence-electron chi connectivity index (χ3n) is 1.65. The Bertz CT molecular complexity index is 232. The van der Waals surface area contributed by atoms with Crippen LogP contribution < -0.4 is 0 Å². The molecule has 2 unspecified atom stereocenters. The second-order valence-electron chi connectivity index (χ2n) is 2.99. The van der Waals surface area contributed by atoms with E-state index in [0.717, 1.165) is 0 Å². The van der Waals surface area contributed by atoms with Crippen LogP contribution in [0, 0.1) is 12.3 Å². The lowest BCUT2D eigenvalue weighted by Crippen LogP contribution is -2.25. The Morgan fingerprint density at radius 1 is 1.85 bits per heavy atom. The topological polar surface area (TPSA) is 46.5 Å². The Morgan fingerprint density at radius 2 is 2.46 bits per heavy atom. The van der Waals surface area contributed by atoms with Gasteiger partial charge < -0.3 is 0 Å². The Kier molecular flexibility index (Phi) is 5.57. The first-order valence-electron chi connectivity index (χ1n) is 3.94. The van der Waals surface area contributed by atoms with Gasteiger partial charge in [-0.05, 0) is 19.8 Å². The van der Waals surface area contributed by atoms with Gasteiger partial charge in [0, 0.05) is 11.0 Å². The molecular weight excluding hydrogens is 187 g/mol. The fourth-order valence-electron chi connectivity index (χ4n) is 0.978. The van der Waals surface area contributed by atoms with Crippen LogP contribution in [0.3, 0.4) is 0 Å². The van der Waals surface area contributed by atoms with Gasteiger partial charge in [0.15, 0.2) is 0 Å². The molecule has 0 bridgehead atoms. The summed E-state index contributed by atoms with van der Waals surface area (Å²) in [5, 5.41) is 0. The first-order chi connectivity index (χ1) is 6.04. The van der Waals surface area contributed by atoms with Crippen LogP contribution in [-0.2, 0) is 9.09 Å². The molecule has 2 atom stereocenters. The molecule has 0 saturated heterocycles. The van der Waals surface area contributed by atoms with Crippen molar-refractivity contribution in [2.24, 2.45) is 0 Å². The molecule has 0 aliphatic heterocycles. The zero-order valence-corrected chi connectivity index (χ0v) is 8.59. The molecule has 0 aromatic heterocycles. The van der Waals surface area contributed by atoms with Crippen molar-refractivity contribution in [2.45, 2.75) is 31.8 Å². The van der Waals surface area contributed by atoms with Crippen molar-refractivity contribution in [1.82, 2.24) is 0 Å². The minimum Gasteiger partial charge on any atom is -0.133 e. The molecule has 0 heterocycles. The summed E-state index contributed by atoms with van der Waals surface area (Å²) >= 11 is 0. The highest BCUT2D eigenvalue weighted by molar-refractivity contribution is 7.32. The Morgan fingerprint density at radius 3 is 2.85 bits per heavy atom. The highest BCUT2D eigenvalue weighted by atomic mass is 31.1. The van der Waals surface area contributed by atoms with E-state index in [1.165, 1.54) is 0 Å². The highest BCUT2D eigenvalue weighted by Crippen LogP contribution is 2.32. The summed E-state index contributed by atoms with van der Waals surface area (Å²) in [6, 6.07) is 0. The second kappa shape index (κ2) is 5.88. The molecule has 1 N–H and O–H groups in total. The molecule has 72 valence electrons. The van der Waals surface area contributed by atoms with Crippen LogP contribution in [0.5, 0.6) is 0 Å². The van der Waals surface area contributed by atoms with Crippen molar-refractivity contribution in [3.8, 4) is 12.3 Å². The SMILES string of the molecule is C#CCC(C)(CCC=C)O[P+](=O)O. The van der Waals surface area contributed by atoms with Gasteiger partial charge in [-0.15, -0.1) is 28.3 Å². The molecule has 0 saturated carbocycles. The maximum Gasteiger partial charge on any atom is 0.695 e. The van der Waals surface area contributed by atoms with Gasteiger partial charge in [-0.1, -0.05) is 6.08 Å². The van der Waals surface area contributed by atoms with Gasteiger partial charge >= 0.3 is 8.25 Å². The number of terminal acetylenes is 1. The summed E-state index contributed by atoms with van der Waals surface area (Å²) in [6.45, 7) is 5.28. The van der Waals surface area contributed by atoms with E-state index in [1.54, 1.807) is 13.0 Å². The summed E-state index contributed by atoms with van der Waals surface area (Å²) in [5.74, 6) is 2.42. The van der Waals surface area contributed by atoms with E-state index < -0.39 is 13.9 Å². The van der Waals surface area contributed by atoms with Crippen LogP contribution in [-0.4, -0.2) is 10.5 Å². The first-order valence-corrected chi connectivity index (χ1v) is 5.07. The zero-order valence-electron chi connectivity index (χ0n) is 7.69. The largest absolute Gasteiger partial charge is 0.695 e. The summed E-state index contributed by atoms with van der Waals surface area (Å²) in [7, 11) is -2.60. The van der Waals surface area contributed by atoms with E-state index in [9.17, 15) is 4.57 Å². The van der Waals surface area contributed by atoms with Gasteiger partial charge in [-0.25, -0.2) is 0 Å². The van der Waals surface area contributed by atoms with Crippen molar-refractivity contribution in [1.29, 1.82) is 0 Å². The number of allylic oxidation sites excluding steroid dienone is 1. The average molecular weight is 201 g/mol. The van der Waals surface area contributed by atoms with E-state index in [2.05, 4.69) is 12.5 Å². The molecule has 4 heteroatoms. The molecule has 0 aliphatic carbocycles. The molecule has 0 amide bonds. The van der Waals surface area contributed by atoms with Gasteiger partial charge in [0.1, 0.15) is 5.60 Å². The van der Waals surface area contributed by atoms with Crippen molar-refractivity contribution >= 4 is 8.25 Å². The second-order valence-corrected chi connectivity index (χ2v) is 3.65. The quantitative estimate of drug-likeness (QED) is 0.407. The fraction of sp³-hybridized carbons (Fsp3) is 0.556. The predicted octanol–water partition coefficient (Wildman–Crippen LogP) is 2.40. The Balaban J connectivity index is 4.24. The van der Waals surface area contributed by atoms with Crippen molar-refractivity contribution in [3.63, 3.8) is 0 Å². The molecule has 0 fully saturated rings. The van der Waals surface area contributed by atoms with Crippen LogP contribution in [0.2, 0.25) is 0 Å². The fourth-order valence-corrected chi connectivity index (χ4v) is 1.51. The van der Waals surface area contributed by atoms with Gasteiger partial charge in [-0.2, -0.15) is 0 Å². The molecule has 13 heavy (non-hydrogen) atoms. The molecule has 0 aliphatic rings. The summed E-state index contributed by atoms with van der Waals surface area (Å²) in [5.41, 5.74) is -0.717. The number of hydrogen-bond donors (Lipinski definition) is 1. The van der Waals surface area contributed by atoms with Crippen molar-refractivity contribution in [2.75, 3.05) is 0 Å². The van der Waals surface area contributed by atoms with Crippen LogP contribution >= 0.6 is 8.25 Å².